The first-order valence-electron chi connectivity index (χ1n) is 8.77. The average Bonchev–Trinajstić information content (AvgIpc) is 3.04. The molecule has 1 amide bonds. The van der Waals surface area contributed by atoms with Gasteiger partial charge in [0.05, 0.1) is 26.3 Å². The molecule has 0 radical (unpaired) electrons. The van der Waals surface area contributed by atoms with E-state index in [1.54, 1.807) is 6.20 Å². The van der Waals surface area contributed by atoms with E-state index in [1.165, 1.54) is 0 Å². The number of H-pyrrole nitrogens is 1. The molecule has 0 unspecified atom stereocenters. The van der Waals surface area contributed by atoms with E-state index in [0.29, 0.717) is 10.4 Å². The van der Waals surface area contributed by atoms with Crippen molar-refractivity contribution in [2.75, 3.05) is 26.0 Å². The summed E-state index contributed by atoms with van der Waals surface area (Å²) in [7, 11) is 3.93. The van der Waals surface area contributed by atoms with Crippen molar-refractivity contribution in [2.45, 2.75) is 25.7 Å². The molecule has 0 aliphatic heterocycles. The van der Waals surface area contributed by atoms with Crippen LogP contribution in [0.15, 0.2) is 24.5 Å². The zero-order valence-electron chi connectivity index (χ0n) is 14.9. The zero-order chi connectivity index (χ0) is 18.0. The fourth-order valence-electron chi connectivity index (χ4n) is 3.66. The van der Waals surface area contributed by atoms with E-state index in [9.17, 15) is 4.79 Å². The number of aromatic amines is 1. The normalized spacial score (nSPS) is 21.2. The fourth-order valence-corrected chi connectivity index (χ4v) is 3.66. The lowest BCUT2D eigenvalue weighted by molar-refractivity contribution is -0.805. The van der Waals surface area contributed by atoms with Gasteiger partial charge in [0.2, 0.25) is 5.91 Å². The molecular weight excluding hydrogens is 316 g/mol. The molecule has 5 N–H and O–H groups in total. The summed E-state index contributed by atoms with van der Waals surface area (Å²) in [5, 5.41) is 11.7. The van der Waals surface area contributed by atoms with Gasteiger partial charge in [-0.3, -0.25) is 9.28 Å². The molecule has 1 fully saturated rings. The van der Waals surface area contributed by atoms with Gasteiger partial charge in [-0.15, -0.1) is 0 Å². The topological polar surface area (TPSA) is 108 Å². The largest absolute Gasteiger partial charge is 0.346 e. The Hall–Kier alpha value is -2.41. The fraction of sp³-hybridized carbons (Fsp3) is 0.500. The lowest BCUT2D eigenvalue weighted by atomic mass is 9.81. The summed E-state index contributed by atoms with van der Waals surface area (Å²) in [5.74, 6) is 0.840. The number of nitrogens with two attached hydrogens (primary N) is 1. The summed E-state index contributed by atoms with van der Waals surface area (Å²) >= 11 is 0. The van der Waals surface area contributed by atoms with Gasteiger partial charge in [0, 0.05) is 29.6 Å². The molecule has 1 saturated carbocycles. The second kappa shape index (κ2) is 6.84. The van der Waals surface area contributed by atoms with Crippen molar-refractivity contribution in [3.8, 4) is 0 Å². The zero-order valence-corrected chi connectivity index (χ0v) is 14.9. The van der Waals surface area contributed by atoms with Gasteiger partial charge in [-0.05, 0) is 37.8 Å². The summed E-state index contributed by atoms with van der Waals surface area (Å²) in [4.78, 5) is 19.9. The third-order valence-corrected chi connectivity index (χ3v) is 5.30. The number of quaternary nitrogens is 1. The Bertz CT molecular complexity index is 773. The van der Waals surface area contributed by atoms with Crippen LogP contribution in [0.5, 0.6) is 0 Å². The number of fused-ring (bicyclic) bond motifs is 1. The molecule has 25 heavy (non-hydrogen) atoms. The molecule has 7 nitrogen and oxygen atoms in total. The molecule has 134 valence electrons. The molecule has 2 heterocycles. The maximum atomic E-state index is 12.6. The first kappa shape index (κ1) is 17.4. The van der Waals surface area contributed by atoms with Crippen LogP contribution in [0.25, 0.3) is 11.0 Å². The Morgan fingerprint density at radius 2 is 2.08 bits per heavy atom. The van der Waals surface area contributed by atoms with Gasteiger partial charge in [0.15, 0.2) is 0 Å². The number of aromatic nitrogens is 2. The summed E-state index contributed by atoms with van der Waals surface area (Å²) in [6.45, 7) is 0.859. The van der Waals surface area contributed by atoms with Gasteiger partial charge in [0.1, 0.15) is 5.65 Å². The first-order valence-corrected chi connectivity index (χ1v) is 8.77. The molecule has 0 aromatic carbocycles. The highest BCUT2D eigenvalue weighted by atomic mass is 16.1. The average molecular weight is 343 g/mol. The molecule has 2 aromatic rings. The molecule has 7 heteroatoms. The van der Waals surface area contributed by atoms with E-state index in [-0.39, 0.29) is 17.8 Å². The molecule has 0 atom stereocenters. The first-order chi connectivity index (χ1) is 11.9. The minimum absolute atomic E-state index is 0.0475. The molecule has 2 aromatic heterocycles. The van der Waals surface area contributed by atoms with Crippen LogP contribution >= 0.6 is 0 Å². The van der Waals surface area contributed by atoms with Crippen LogP contribution in [0.3, 0.4) is 0 Å². The number of pyridine rings is 1. The number of guanidine groups is 1. The van der Waals surface area contributed by atoms with E-state index >= 15 is 0 Å². The van der Waals surface area contributed by atoms with Crippen molar-refractivity contribution in [3.05, 3.63) is 24.5 Å². The number of nitrogens with zero attached hydrogens (tertiary/aromatic N) is 2. The molecule has 0 saturated heterocycles. The van der Waals surface area contributed by atoms with Gasteiger partial charge >= 0.3 is 0 Å². The smallest absolute Gasteiger partial charge is 0.291 e. The van der Waals surface area contributed by atoms with Crippen molar-refractivity contribution in [1.82, 2.24) is 9.97 Å². The van der Waals surface area contributed by atoms with Crippen molar-refractivity contribution in [1.29, 1.82) is 5.41 Å². The van der Waals surface area contributed by atoms with Gasteiger partial charge in [0.25, 0.3) is 5.96 Å². The van der Waals surface area contributed by atoms with Crippen LogP contribution in [0.2, 0.25) is 0 Å². The number of anilines is 1. The minimum atomic E-state index is 0.0475. The van der Waals surface area contributed by atoms with Crippen molar-refractivity contribution < 1.29 is 9.28 Å². The summed E-state index contributed by atoms with van der Waals surface area (Å²) in [5.41, 5.74) is 7.26. The molecule has 1 aliphatic rings. The number of amides is 1. The van der Waals surface area contributed by atoms with Crippen LogP contribution in [0.1, 0.15) is 25.7 Å². The minimum Gasteiger partial charge on any atom is -0.346 e. The Morgan fingerprint density at radius 1 is 1.36 bits per heavy atom. The van der Waals surface area contributed by atoms with Crippen molar-refractivity contribution in [3.63, 3.8) is 0 Å². The van der Waals surface area contributed by atoms with Crippen LogP contribution < -0.4 is 11.1 Å². The summed E-state index contributed by atoms with van der Waals surface area (Å²) < 4.78 is 0.421. The molecule has 1 aliphatic carbocycles. The third kappa shape index (κ3) is 3.82. The Morgan fingerprint density at radius 3 is 2.76 bits per heavy atom. The number of hydrogen-bond acceptors (Lipinski definition) is 3. The van der Waals surface area contributed by atoms with Gasteiger partial charge in [-0.2, -0.15) is 0 Å². The Labute approximate surface area is 147 Å². The second-order valence-electron chi connectivity index (χ2n) is 7.56. The van der Waals surface area contributed by atoms with E-state index in [1.807, 2.05) is 32.4 Å². The highest BCUT2D eigenvalue weighted by Crippen LogP contribution is 2.31. The molecule has 0 bridgehead atoms. The van der Waals surface area contributed by atoms with Crippen LogP contribution in [0, 0.1) is 17.2 Å². The highest BCUT2D eigenvalue weighted by Gasteiger charge is 2.31. The third-order valence-electron chi connectivity index (χ3n) is 5.30. The van der Waals surface area contributed by atoms with E-state index < -0.39 is 0 Å². The predicted octanol–water partition coefficient (Wildman–Crippen LogP) is 2.28. The highest BCUT2D eigenvalue weighted by molar-refractivity contribution is 6.00. The Kier molecular flexibility index (Phi) is 4.76. The molecular formula is C18H27N6O+. The maximum Gasteiger partial charge on any atom is 0.291 e. The maximum absolute atomic E-state index is 12.6. The van der Waals surface area contributed by atoms with Gasteiger partial charge in [-0.25, -0.2) is 10.4 Å². The van der Waals surface area contributed by atoms with Crippen LogP contribution in [-0.4, -0.2) is 47.0 Å². The van der Waals surface area contributed by atoms with Crippen LogP contribution in [0.4, 0.5) is 5.69 Å². The number of rotatable bonds is 4. The van der Waals surface area contributed by atoms with E-state index in [2.05, 4.69) is 15.3 Å². The number of nitrogens with one attached hydrogen (secondary N) is 3. The van der Waals surface area contributed by atoms with Crippen LogP contribution in [-0.2, 0) is 4.79 Å². The van der Waals surface area contributed by atoms with Crippen molar-refractivity contribution in [2.24, 2.45) is 17.6 Å². The quantitative estimate of drug-likeness (QED) is 0.388. The number of carbonyl (C=O) groups is 1. The standard InChI is InChI=1S/C18H26N6O/c1-24(2,18(19)20)11-12-3-5-13(6-4-12)17(25)23-15-8-10-22-16-14(15)7-9-21-16/h7-10,12-13H,3-6,11H2,1-2H3,(H4-,19,20,21,22,23,25)/p+1. The monoisotopic (exact) mass is 343 g/mol. The van der Waals surface area contributed by atoms with Gasteiger partial charge < -0.3 is 16.0 Å². The SMILES string of the molecule is C[N+](C)(CC1CCC(C(=O)Nc2ccnc3[nH]ccc23)CC1)C(=N)N. The summed E-state index contributed by atoms with van der Waals surface area (Å²) in [6, 6.07) is 3.77. The Balaban J connectivity index is 1.57. The molecule has 3 rings (SSSR count). The lowest BCUT2D eigenvalue weighted by Crippen LogP contribution is -2.52. The van der Waals surface area contributed by atoms with Gasteiger partial charge in [-0.1, -0.05) is 0 Å². The lowest BCUT2D eigenvalue weighted by Gasteiger charge is -2.34. The summed E-state index contributed by atoms with van der Waals surface area (Å²) in [6.07, 6.45) is 7.30. The predicted molar refractivity (Wildman–Crippen MR) is 99.1 cm³/mol. The molecule has 0 spiro atoms. The number of hydrogen-bond donors (Lipinski definition) is 4. The van der Waals surface area contributed by atoms with Crippen molar-refractivity contribution >= 4 is 28.6 Å². The van der Waals surface area contributed by atoms with E-state index in [0.717, 1.165) is 48.9 Å². The number of carbonyl (C=O) groups excluding carboxylic acids is 1. The van der Waals surface area contributed by atoms with E-state index in [4.69, 9.17) is 11.1 Å². The second-order valence-corrected chi connectivity index (χ2v) is 7.56.